The van der Waals surface area contributed by atoms with Crippen molar-refractivity contribution in [1.82, 2.24) is 0 Å². The number of hydrogen-bond acceptors (Lipinski definition) is 5. The molecule has 138 valence electrons. The first-order valence-corrected chi connectivity index (χ1v) is 9.56. The molecule has 1 atom stereocenters. The Kier molecular flexibility index (Phi) is 6.41. The van der Waals surface area contributed by atoms with E-state index in [1.807, 2.05) is 24.3 Å². The van der Waals surface area contributed by atoms with Gasteiger partial charge in [0.05, 0.1) is 25.9 Å². The van der Waals surface area contributed by atoms with Gasteiger partial charge in [0.1, 0.15) is 11.5 Å². The fourth-order valence-corrected chi connectivity index (χ4v) is 3.94. The van der Waals surface area contributed by atoms with E-state index in [9.17, 15) is 4.79 Å². The molecule has 0 radical (unpaired) electrons. The number of ether oxygens (including phenoxy) is 3. The molecule has 1 heterocycles. The van der Waals surface area contributed by atoms with E-state index in [2.05, 4.69) is 5.32 Å². The molecular weight excluding hydrogens is 350 g/mol. The molecule has 6 heteroatoms. The second-order valence-corrected chi connectivity index (χ2v) is 7.06. The quantitative estimate of drug-likeness (QED) is 0.736. The largest absolute Gasteiger partial charge is 0.497 e. The van der Waals surface area contributed by atoms with Gasteiger partial charge in [0, 0.05) is 41.1 Å². The lowest BCUT2D eigenvalue weighted by atomic mass is 10.2. The maximum absolute atomic E-state index is 12.8. The van der Waals surface area contributed by atoms with Crippen LogP contribution in [0, 0.1) is 0 Å². The van der Waals surface area contributed by atoms with Gasteiger partial charge < -0.3 is 19.5 Å². The van der Waals surface area contributed by atoms with Crippen LogP contribution in [0.3, 0.4) is 0 Å². The lowest BCUT2D eigenvalue weighted by Crippen LogP contribution is -2.14. The highest BCUT2D eigenvalue weighted by Gasteiger charge is 2.18. The standard InChI is InChI=1S/C20H23NO4S/c1-23-16-10-14(11-17(12-16)24-2)21-20(22)18-7-3-4-8-19(18)26-13-15-6-5-9-25-15/h3-4,7-8,10-12,15H,5-6,9,13H2,1-2H3,(H,21,22)/t15-/m0/s1. The lowest BCUT2D eigenvalue weighted by Gasteiger charge is -2.13. The summed E-state index contributed by atoms with van der Waals surface area (Å²) in [5.41, 5.74) is 1.28. The molecule has 1 amide bonds. The predicted molar refractivity (Wildman–Crippen MR) is 104 cm³/mol. The Balaban J connectivity index is 1.73. The Bertz CT molecular complexity index is 737. The van der Waals surface area contributed by atoms with E-state index in [-0.39, 0.29) is 12.0 Å². The molecule has 2 aromatic rings. The molecule has 1 aliphatic rings. The average molecular weight is 373 g/mol. The molecule has 0 aliphatic carbocycles. The van der Waals surface area contributed by atoms with Gasteiger partial charge in [0.15, 0.2) is 0 Å². The number of anilines is 1. The summed E-state index contributed by atoms with van der Waals surface area (Å²) in [5, 5.41) is 2.93. The Hall–Kier alpha value is -2.18. The summed E-state index contributed by atoms with van der Waals surface area (Å²) in [5.74, 6) is 1.95. The molecular formula is C20H23NO4S. The Labute approximate surface area is 158 Å². The van der Waals surface area contributed by atoms with Crippen molar-refractivity contribution >= 4 is 23.4 Å². The van der Waals surface area contributed by atoms with Gasteiger partial charge in [-0.05, 0) is 25.0 Å². The van der Waals surface area contributed by atoms with Gasteiger partial charge in [-0.3, -0.25) is 4.79 Å². The zero-order valence-corrected chi connectivity index (χ0v) is 15.8. The van der Waals surface area contributed by atoms with Crippen LogP contribution in [0.5, 0.6) is 11.5 Å². The fraction of sp³-hybridized carbons (Fsp3) is 0.350. The van der Waals surface area contributed by atoms with Crippen molar-refractivity contribution in [3.63, 3.8) is 0 Å². The van der Waals surface area contributed by atoms with Gasteiger partial charge in [-0.1, -0.05) is 12.1 Å². The molecule has 1 fully saturated rings. The van der Waals surface area contributed by atoms with Crippen LogP contribution in [0.2, 0.25) is 0 Å². The third kappa shape index (κ3) is 4.71. The van der Waals surface area contributed by atoms with Crippen molar-refractivity contribution in [1.29, 1.82) is 0 Å². The van der Waals surface area contributed by atoms with Crippen molar-refractivity contribution in [2.45, 2.75) is 23.8 Å². The Morgan fingerprint density at radius 3 is 2.58 bits per heavy atom. The minimum Gasteiger partial charge on any atom is -0.497 e. The molecule has 2 aromatic carbocycles. The van der Waals surface area contributed by atoms with Gasteiger partial charge in [-0.15, -0.1) is 11.8 Å². The van der Waals surface area contributed by atoms with Crippen LogP contribution in [-0.4, -0.2) is 38.6 Å². The highest BCUT2D eigenvalue weighted by atomic mass is 32.2. The van der Waals surface area contributed by atoms with Crippen LogP contribution < -0.4 is 14.8 Å². The van der Waals surface area contributed by atoms with E-state index >= 15 is 0 Å². The molecule has 0 saturated carbocycles. The third-order valence-electron chi connectivity index (χ3n) is 4.19. The first kappa shape index (κ1) is 18.6. The zero-order valence-electron chi connectivity index (χ0n) is 15.0. The van der Waals surface area contributed by atoms with Crippen LogP contribution in [0.25, 0.3) is 0 Å². The first-order chi connectivity index (χ1) is 12.7. The number of benzene rings is 2. The summed E-state index contributed by atoms with van der Waals surface area (Å²) in [6.07, 6.45) is 2.48. The van der Waals surface area contributed by atoms with Crippen LogP contribution in [0.1, 0.15) is 23.2 Å². The summed E-state index contributed by atoms with van der Waals surface area (Å²) in [4.78, 5) is 13.7. The predicted octanol–water partition coefficient (Wildman–Crippen LogP) is 4.23. The maximum atomic E-state index is 12.8. The topological polar surface area (TPSA) is 56.8 Å². The van der Waals surface area contributed by atoms with Crippen molar-refractivity contribution in [3.8, 4) is 11.5 Å². The van der Waals surface area contributed by atoms with E-state index in [0.29, 0.717) is 22.7 Å². The SMILES string of the molecule is COc1cc(NC(=O)c2ccccc2SC[C@@H]2CCCO2)cc(OC)c1. The summed E-state index contributed by atoms with van der Waals surface area (Å²) in [6.45, 7) is 0.838. The second-order valence-electron chi connectivity index (χ2n) is 6.00. The summed E-state index contributed by atoms with van der Waals surface area (Å²) >= 11 is 1.66. The summed E-state index contributed by atoms with van der Waals surface area (Å²) in [6, 6.07) is 12.9. The molecule has 0 spiro atoms. The van der Waals surface area contributed by atoms with E-state index < -0.39 is 0 Å². The minimum absolute atomic E-state index is 0.157. The number of rotatable bonds is 7. The minimum atomic E-state index is -0.157. The monoisotopic (exact) mass is 373 g/mol. The van der Waals surface area contributed by atoms with Gasteiger partial charge >= 0.3 is 0 Å². The third-order valence-corrected chi connectivity index (χ3v) is 5.40. The number of nitrogens with one attached hydrogen (secondary N) is 1. The van der Waals surface area contributed by atoms with Crippen LogP contribution >= 0.6 is 11.8 Å². The van der Waals surface area contributed by atoms with Crippen molar-refractivity contribution < 1.29 is 19.0 Å². The molecule has 3 rings (SSSR count). The number of carbonyl (C=O) groups excluding carboxylic acids is 1. The smallest absolute Gasteiger partial charge is 0.256 e. The van der Waals surface area contributed by atoms with E-state index in [4.69, 9.17) is 14.2 Å². The fourth-order valence-electron chi connectivity index (χ4n) is 2.82. The second kappa shape index (κ2) is 8.96. The highest BCUT2D eigenvalue weighted by molar-refractivity contribution is 7.99. The van der Waals surface area contributed by atoms with E-state index in [1.165, 1.54) is 0 Å². The van der Waals surface area contributed by atoms with E-state index in [1.54, 1.807) is 44.2 Å². The van der Waals surface area contributed by atoms with Gasteiger partial charge in [0.25, 0.3) is 5.91 Å². The molecule has 1 N–H and O–H groups in total. The van der Waals surface area contributed by atoms with Gasteiger partial charge in [0.2, 0.25) is 0 Å². The van der Waals surface area contributed by atoms with Crippen LogP contribution in [0.4, 0.5) is 5.69 Å². The first-order valence-electron chi connectivity index (χ1n) is 8.57. The molecule has 0 aromatic heterocycles. The lowest BCUT2D eigenvalue weighted by molar-refractivity contribution is 0.102. The zero-order chi connectivity index (χ0) is 18.4. The number of carbonyl (C=O) groups is 1. The molecule has 0 bridgehead atoms. The molecule has 26 heavy (non-hydrogen) atoms. The van der Waals surface area contributed by atoms with Crippen molar-refractivity contribution in [2.24, 2.45) is 0 Å². The Morgan fingerprint density at radius 2 is 1.92 bits per heavy atom. The number of amides is 1. The summed E-state index contributed by atoms with van der Waals surface area (Å²) in [7, 11) is 3.16. The van der Waals surface area contributed by atoms with Crippen LogP contribution in [-0.2, 0) is 4.74 Å². The number of thioether (sulfide) groups is 1. The molecule has 1 saturated heterocycles. The normalized spacial score (nSPS) is 16.3. The van der Waals surface area contributed by atoms with Gasteiger partial charge in [-0.2, -0.15) is 0 Å². The molecule has 0 unspecified atom stereocenters. The molecule has 5 nitrogen and oxygen atoms in total. The number of methoxy groups -OCH3 is 2. The van der Waals surface area contributed by atoms with Crippen LogP contribution in [0.15, 0.2) is 47.4 Å². The van der Waals surface area contributed by atoms with Crippen molar-refractivity contribution in [2.75, 3.05) is 31.9 Å². The maximum Gasteiger partial charge on any atom is 0.256 e. The number of hydrogen-bond donors (Lipinski definition) is 1. The molecule has 1 aliphatic heterocycles. The van der Waals surface area contributed by atoms with E-state index in [0.717, 1.165) is 30.1 Å². The Morgan fingerprint density at radius 1 is 1.19 bits per heavy atom. The highest BCUT2D eigenvalue weighted by Crippen LogP contribution is 2.29. The summed E-state index contributed by atoms with van der Waals surface area (Å²) < 4.78 is 16.2. The van der Waals surface area contributed by atoms with Gasteiger partial charge in [-0.25, -0.2) is 0 Å². The average Bonchev–Trinajstić information content (AvgIpc) is 3.19. The van der Waals surface area contributed by atoms with Crippen molar-refractivity contribution in [3.05, 3.63) is 48.0 Å².